The number of hydrogen-bond acceptors (Lipinski definition) is 6. The first-order chi connectivity index (χ1) is 20.0. The fourth-order valence-corrected chi connectivity index (χ4v) is 4.90. The number of benzene rings is 2. The minimum Gasteiger partial charge on any atom is -0.497 e. The Morgan fingerprint density at radius 2 is 1.32 bits per heavy atom. The van der Waals surface area contributed by atoms with Gasteiger partial charge in [-0.25, -0.2) is 0 Å². The van der Waals surface area contributed by atoms with Gasteiger partial charge in [-0.3, -0.25) is 4.79 Å². The molecule has 6 rings (SSSR count). The lowest BCUT2D eigenvalue weighted by Gasteiger charge is -2.13. The van der Waals surface area contributed by atoms with Gasteiger partial charge in [0, 0.05) is 64.8 Å². The van der Waals surface area contributed by atoms with Crippen molar-refractivity contribution in [1.82, 2.24) is 20.6 Å². The molecule has 9 nitrogen and oxygen atoms in total. The van der Waals surface area contributed by atoms with Crippen molar-refractivity contribution < 1.29 is 24.2 Å². The fourth-order valence-electron chi connectivity index (χ4n) is 4.90. The van der Waals surface area contributed by atoms with Gasteiger partial charge in [0.1, 0.15) is 17.8 Å². The summed E-state index contributed by atoms with van der Waals surface area (Å²) in [5, 5.41) is 17.1. The minimum absolute atomic E-state index is 0.0521. The molecule has 0 atom stereocenters. The van der Waals surface area contributed by atoms with Crippen LogP contribution in [0.2, 0.25) is 0 Å². The topological polar surface area (TPSA) is 128 Å². The van der Waals surface area contributed by atoms with Gasteiger partial charge >= 0.3 is 5.97 Å². The highest BCUT2D eigenvalue weighted by molar-refractivity contribution is 5.94. The van der Waals surface area contributed by atoms with E-state index in [0.29, 0.717) is 6.29 Å². The molecule has 4 heterocycles. The van der Waals surface area contributed by atoms with Crippen molar-refractivity contribution in [3.05, 3.63) is 72.1 Å². The number of aldehydes is 1. The third-order valence-corrected chi connectivity index (χ3v) is 7.07. The number of methoxy groups -OCH3 is 2. The Bertz CT molecular complexity index is 1430. The van der Waals surface area contributed by atoms with Crippen molar-refractivity contribution >= 4 is 45.2 Å². The summed E-state index contributed by atoms with van der Waals surface area (Å²) < 4.78 is 10.6. The number of aromatic amines is 2. The molecular weight excluding hydrogens is 520 g/mol. The molecule has 2 aliphatic rings. The van der Waals surface area contributed by atoms with Crippen molar-refractivity contribution in [3.8, 4) is 11.5 Å². The highest BCUT2D eigenvalue weighted by Gasteiger charge is 2.12. The molecule has 0 radical (unpaired) electrons. The Hall–Kier alpha value is -4.34. The van der Waals surface area contributed by atoms with Crippen LogP contribution in [-0.4, -0.2) is 67.7 Å². The molecule has 0 spiro atoms. The van der Waals surface area contributed by atoms with Crippen molar-refractivity contribution in [2.24, 2.45) is 0 Å². The molecular formula is C32H38N4O5. The minimum atomic E-state index is -0.924. The summed E-state index contributed by atoms with van der Waals surface area (Å²) in [5.41, 5.74) is 7.78. The number of aliphatic carboxylic acids is 1. The van der Waals surface area contributed by atoms with E-state index in [9.17, 15) is 9.59 Å². The average Bonchev–Trinajstić information content (AvgIpc) is 3.65. The number of fused-ring (bicyclic) bond motifs is 2. The highest BCUT2D eigenvalue weighted by Crippen LogP contribution is 2.31. The van der Waals surface area contributed by atoms with Crippen LogP contribution in [0.25, 0.3) is 33.0 Å². The zero-order chi connectivity index (χ0) is 29.0. The predicted octanol–water partition coefficient (Wildman–Crippen LogP) is 5.16. The first-order valence-electron chi connectivity index (χ1n) is 13.8. The largest absolute Gasteiger partial charge is 0.497 e. The molecule has 2 aromatic carbocycles. The first kappa shape index (κ1) is 29.6. The van der Waals surface area contributed by atoms with Gasteiger partial charge in [0.05, 0.1) is 20.6 Å². The lowest BCUT2D eigenvalue weighted by atomic mass is 10.00. The number of carbonyl (C=O) groups is 2. The zero-order valence-corrected chi connectivity index (χ0v) is 23.6. The van der Waals surface area contributed by atoms with E-state index in [1.807, 2.05) is 12.1 Å². The maximum Gasteiger partial charge on any atom is 0.303 e. The van der Waals surface area contributed by atoms with E-state index in [2.05, 4.69) is 69.4 Å². The summed E-state index contributed by atoms with van der Waals surface area (Å²) in [5.74, 6) is 0.896. The smallest absolute Gasteiger partial charge is 0.303 e. The van der Waals surface area contributed by atoms with Crippen molar-refractivity contribution in [1.29, 1.82) is 0 Å². The Kier molecular flexibility index (Phi) is 10.8. The number of aromatic nitrogens is 2. The molecule has 0 amide bonds. The molecule has 41 heavy (non-hydrogen) atoms. The molecule has 0 saturated carbocycles. The fraction of sp³-hybridized carbons (Fsp3) is 0.312. The molecule has 4 aromatic rings. The highest BCUT2D eigenvalue weighted by atomic mass is 16.5. The van der Waals surface area contributed by atoms with Gasteiger partial charge in [-0.15, -0.1) is 0 Å². The van der Waals surface area contributed by atoms with Crippen LogP contribution in [0.15, 0.2) is 60.9 Å². The third kappa shape index (κ3) is 7.87. The van der Waals surface area contributed by atoms with E-state index >= 15 is 0 Å². The van der Waals surface area contributed by atoms with Crippen molar-refractivity contribution in [3.63, 3.8) is 0 Å². The number of carbonyl (C=O) groups excluding carboxylic acids is 1. The van der Waals surface area contributed by atoms with Crippen LogP contribution >= 0.6 is 0 Å². The Morgan fingerprint density at radius 1 is 0.829 bits per heavy atom. The molecule has 0 fully saturated rings. The van der Waals surface area contributed by atoms with E-state index in [1.165, 1.54) is 44.1 Å². The van der Waals surface area contributed by atoms with Gasteiger partial charge in [-0.1, -0.05) is 12.2 Å². The predicted molar refractivity (Wildman–Crippen MR) is 164 cm³/mol. The molecule has 9 heteroatoms. The SMILES string of the molecule is COc1ccc2[nH]cc(C3=CCNCC3)c2c1.COc1ccc2[nH]cc(C3=CCNCC3)c2c1.O=CCCC(=O)O. The third-order valence-electron chi connectivity index (χ3n) is 7.07. The van der Waals surface area contributed by atoms with Crippen LogP contribution in [0.5, 0.6) is 11.5 Å². The van der Waals surface area contributed by atoms with Gasteiger partial charge in [-0.2, -0.15) is 0 Å². The lowest BCUT2D eigenvalue weighted by molar-refractivity contribution is -0.137. The van der Waals surface area contributed by atoms with E-state index in [-0.39, 0.29) is 12.8 Å². The standard InChI is InChI=1S/2C14H16N2O.C4H6O3/c2*1-17-11-2-3-14-12(8-11)13(9-16-14)10-4-6-15-7-5-10;5-3-1-2-4(6)7/h2*2-4,8-9,15-16H,5-7H2,1H3;3H,1-2H2,(H,6,7). The van der Waals surface area contributed by atoms with E-state index in [0.717, 1.165) is 50.5 Å². The van der Waals surface area contributed by atoms with Crippen molar-refractivity contribution in [2.45, 2.75) is 25.7 Å². The number of rotatable bonds is 7. The van der Waals surface area contributed by atoms with Crippen molar-refractivity contribution in [2.75, 3.05) is 40.4 Å². The Labute approximate surface area is 239 Å². The molecule has 2 aliphatic heterocycles. The number of carboxylic acid groups (broad SMARTS) is 1. The molecule has 0 bridgehead atoms. The maximum atomic E-state index is 9.60. The van der Waals surface area contributed by atoms with E-state index < -0.39 is 5.97 Å². The number of carboxylic acids is 1. The molecule has 0 saturated heterocycles. The molecule has 0 unspecified atom stereocenters. The quantitative estimate of drug-likeness (QED) is 0.198. The number of hydrogen-bond donors (Lipinski definition) is 5. The zero-order valence-electron chi connectivity index (χ0n) is 23.6. The van der Waals surface area contributed by atoms with Crippen LogP contribution < -0.4 is 20.1 Å². The summed E-state index contributed by atoms with van der Waals surface area (Å²) in [6, 6.07) is 12.3. The lowest BCUT2D eigenvalue weighted by Crippen LogP contribution is -2.19. The summed E-state index contributed by atoms with van der Waals surface area (Å²) in [4.78, 5) is 25.7. The number of ether oxygens (including phenoxy) is 2. The molecule has 216 valence electrons. The van der Waals surface area contributed by atoms with Gasteiger partial charge in [0.2, 0.25) is 0 Å². The van der Waals surface area contributed by atoms with E-state index in [4.69, 9.17) is 14.6 Å². The van der Waals surface area contributed by atoms with Crippen LogP contribution in [0.4, 0.5) is 0 Å². The Morgan fingerprint density at radius 3 is 1.66 bits per heavy atom. The molecule has 5 N–H and O–H groups in total. The van der Waals surface area contributed by atoms with E-state index in [1.54, 1.807) is 14.2 Å². The van der Waals surface area contributed by atoms with Gasteiger partial charge in [0.15, 0.2) is 0 Å². The average molecular weight is 559 g/mol. The summed E-state index contributed by atoms with van der Waals surface area (Å²) >= 11 is 0. The van der Waals surface area contributed by atoms with Gasteiger partial charge < -0.3 is 40.0 Å². The Balaban J connectivity index is 0.000000155. The molecule has 2 aromatic heterocycles. The number of nitrogens with one attached hydrogen (secondary N) is 4. The summed E-state index contributed by atoms with van der Waals surface area (Å²) in [6.45, 7) is 4.04. The molecule has 0 aliphatic carbocycles. The monoisotopic (exact) mass is 558 g/mol. The summed E-state index contributed by atoms with van der Waals surface area (Å²) in [6.07, 6.45) is 11.6. The van der Waals surface area contributed by atoms with Crippen LogP contribution in [-0.2, 0) is 9.59 Å². The maximum absolute atomic E-state index is 9.60. The second-order valence-electron chi connectivity index (χ2n) is 9.69. The van der Waals surface area contributed by atoms with Gasteiger partial charge in [0.25, 0.3) is 0 Å². The van der Waals surface area contributed by atoms with Crippen LogP contribution in [0, 0.1) is 0 Å². The van der Waals surface area contributed by atoms with Crippen LogP contribution in [0.1, 0.15) is 36.8 Å². The first-order valence-corrected chi connectivity index (χ1v) is 13.8. The normalized spacial score (nSPS) is 14.6. The van der Waals surface area contributed by atoms with Gasteiger partial charge in [-0.05, 0) is 73.5 Å². The second-order valence-corrected chi connectivity index (χ2v) is 9.69. The van der Waals surface area contributed by atoms with Crippen LogP contribution in [0.3, 0.4) is 0 Å². The second kappa shape index (κ2) is 14.9. The summed E-state index contributed by atoms with van der Waals surface area (Å²) in [7, 11) is 3.41. The number of H-pyrrole nitrogens is 2.